The molecule has 3 nitrogen and oxygen atoms in total. The molecule has 1 heterocycles. The first kappa shape index (κ1) is 12.4. The van der Waals surface area contributed by atoms with Crippen LogP contribution in [0.2, 0.25) is 5.15 Å². The van der Waals surface area contributed by atoms with E-state index in [-0.39, 0.29) is 0 Å². The third kappa shape index (κ3) is 2.44. The lowest BCUT2D eigenvalue weighted by Gasteiger charge is -2.06. The number of methoxy groups -OCH3 is 1. The van der Waals surface area contributed by atoms with Crippen molar-refractivity contribution in [1.82, 2.24) is 4.98 Å². The Kier molecular flexibility index (Phi) is 3.66. The molecular weight excluding hydrogens is 256 g/mol. The summed E-state index contributed by atoms with van der Waals surface area (Å²) in [6.45, 7) is 2.44. The third-order valence-corrected chi connectivity index (χ3v) is 3.96. The summed E-state index contributed by atoms with van der Waals surface area (Å²) in [5.41, 5.74) is 7.71. The molecule has 0 saturated carbocycles. The van der Waals surface area contributed by atoms with Crippen molar-refractivity contribution in [2.24, 2.45) is 5.73 Å². The minimum absolute atomic E-state index is 0.407. The van der Waals surface area contributed by atoms with Crippen LogP contribution in [-0.4, -0.2) is 12.1 Å². The zero-order valence-electron chi connectivity index (χ0n) is 9.66. The number of benzene rings is 1. The highest BCUT2D eigenvalue weighted by molar-refractivity contribution is 7.15. The standard InChI is InChI=1S/C12H13ClN2OS/c1-7-3-4-9(16-2)8(5-7)12-15-11(13)10(6-14)17-12/h3-5H,6,14H2,1-2H3. The van der Waals surface area contributed by atoms with E-state index in [2.05, 4.69) is 4.98 Å². The highest BCUT2D eigenvalue weighted by atomic mass is 35.5. The number of hydrogen-bond acceptors (Lipinski definition) is 4. The van der Waals surface area contributed by atoms with E-state index in [0.717, 1.165) is 26.8 Å². The molecule has 0 atom stereocenters. The minimum Gasteiger partial charge on any atom is -0.496 e. The van der Waals surface area contributed by atoms with Crippen LogP contribution in [0.1, 0.15) is 10.4 Å². The second-order valence-corrected chi connectivity index (χ2v) is 5.08. The SMILES string of the molecule is COc1ccc(C)cc1-c1nc(Cl)c(CN)s1. The van der Waals surface area contributed by atoms with Crippen molar-refractivity contribution < 1.29 is 4.74 Å². The van der Waals surface area contributed by atoms with E-state index >= 15 is 0 Å². The van der Waals surface area contributed by atoms with Crippen LogP contribution in [0.5, 0.6) is 5.75 Å². The highest BCUT2D eigenvalue weighted by Crippen LogP contribution is 2.36. The van der Waals surface area contributed by atoms with Crippen LogP contribution < -0.4 is 10.5 Å². The smallest absolute Gasteiger partial charge is 0.145 e. The van der Waals surface area contributed by atoms with Crippen LogP contribution in [0.4, 0.5) is 0 Å². The van der Waals surface area contributed by atoms with Crippen molar-refractivity contribution in [2.45, 2.75) is 13.5 Å². The number of ether oxygens (including phenoxy) is 1. The van der Waals surface area contributed by atoms with Gasteiger partial charge in [-0.1, -0.05) is 23.2 Å². The number of thiazole rings is 1. The van der Waals surface area contributed by atoms with Gasteiger partial charge >= 0.3 is 0 Å². The number of aryl methyl sites for hydroxylation is 1. The minimum atomic E-state index is 0.407. The van der Waals surface area contributed by atoms with Crippen molar-refractivity contribution >= 4 is 22.9 Å². The Labute approximate surface area is 109 Å². The molecular formula is C12H13ClN2OS. The van der Waals surface area contributed by atoms with Crippen LogP contribution in [0.25, 0.3) is 10.6 Å². The zero-order valence-corrected chi connectivity index (χ0v) is 11.2. The van der Waals surface area contributed by atoms with Crippen LogP contribution in [0.15, 0.2) is 18.2 Å². The first-order chi connectivity index (χ1) is 8.15. The molecule has 0 spiro atoms. The molecule has 0 fully saturated rings. The lowest BCUT2D eigenvalue weighted by molar-refractivity contribution is 0.416. The van der Waals surface area contributed by atoms with Gasteiger partial charge in [-0.15, -0.1) is 11.3 Å². The molecule has 5 heteroatoms. The van der Waals surface area contributed by atoms with Gasteiger partial charge in [0.15, 0.2) is 0 Å². The molecule has 2 N–H and O–H groups in total. The van der Waals surface area contributed by atoms with E-state index < -0.39 is 0 Å². The van der Waals surface area contributed by atoms with E-state index in [0.29, 0.717) is 11.7 Å². The summed E-state index contributed by atoms with van der Waals surface area (Å²) in [5.74, 6) is 0.796. The summed E-state index contributed by atoms with van der Waals surface area (Å²) >= 11 is 7.51. The second kappa shape index (κ2) is 5.04. The maximum atomic E-state index is 6.01. The van der Waals surface area contributed by atoms with Crippen molar-refractivity contribution in [3.8, 4) is 16.3 Å². The molecule has 0 bridgehead atoms. The Balaban J connectivity index is 2.54. The Hall–Kier alpha value is -1.10. The van der Waals surface area contributed by atoms with Crippen molar-refractivity contribution in [3.05, 3.63) is 33.8 Å². The van der Waals surface area contributed by atoms with Crippen LogP contribution in [0, 0.1) is 6.92 Å². The van der Waals surface area contributed by atoms with Gasteiger partial charge in [0.25, 0.3) is 0 Å². The van der Waals surface area contributed by atoms with Gasteiger partial charge in [-0.3, -0.25) is 0 Å². The molecule has 0 unspecified atom stereocenters. The molecule has 17 heavy (non-hydrogen) atoms. The summed E-state index contributed by atoms with van der Waals surface area (Å²) < 4.78 is 5.33. The predicted molar refractivity (Wildman–Crippen MR) is 71.7 cm³/mol. The van der Waals surface area contributed by atoms with Gasteiger partial charge in [0.05, 0.1) is 17.6 Å². The van der Waals surface area contributed by atoms with Crippen LogP contribution in [0.3, 0.4) is 0 Å². The summed E-state index contributed by atoms with van der Waals surface area (Å²) in [4.78, 5) is 5.22. The topological polar surface area (TPSA) is 48.1 Å². The maximum absolute atomic E-state index is 6.01. The molecule has 0 radical (unpaired) electrons. The van der Waals surface area contributed by atoms with Crippen molar-refractivity contribution in [1.29, 1.82) is 0 Å². The summed E-state index contributed by atoms with van der Waals surface area (Å²) in [7, 11) is 1.65. The molecule has 0 aliphatic rings. The van der Waals surface area contributed by atoms with Gasteiger partial charge in [-0.25, -0.2) is 4.98 Å². The number of halogens is 1. The fourth-order valence-electron chi connectivity index (χ4n) is 1.56. The van der Waals surface area contributed by atoms with Crippen molar-refractivity contribution in [2.75, 3.05) is 7.11 Å². The van der Waals surface area contributed by atoms with Crippen LogP contribution >= 0.6 is 22.9 Å². The van der Waals surface area contributed by atoms with Gasteiger partial charge in [-0.2, -0.15) is 0 Å². The highest BCUT2D eigenvalue weighted by Gasteiger charge is 2.13. The molecule has 0 saturated heterocycles. The first-order valence-electron chi connectivity index (χ1n) is 5.16. The monoisotopic (exact) mass is 268 g/mol. The van der Waals surface area contributed by atoms with Crippen molar-refractivity contribution in [3.63, 3.8) is 0 Å². The van der Waals surface area contributed by atoms with Gasteiger partial charge in [0.1, 0.15) is 15.9 Å². The lowest BCUT2D eigenvalue weighted by Crippen LogP contribution is -1.92. The Morgan fingerprint density at radius 2 is 2.24 bits per heavy atom. The predicted octanol–water partition coefficient (Wildman–Crippen LogP) is 3.24. The summed E-state index contributed by atoms with van der Waals surface area (Å²) in [6, 6.07) is 5.97. The van der Waals surface area contributed by atoms with Gasteiger partial charge in [-0.05, 0) is 19.1 Å². The fourth-order valence-corrected chi connectivity index (χ4v) is 2.74. The van der Waals surface area contributed by atoms with E-state index in [9.17, 15) is 0 Å². The van der Waals surface area contributed by atoms with Crippen LogP contribution in [-0.2, 0) is 6.54 Å². The normalized spacial score (nSPS) is 10.6. The van der Waals surface area contributed by atoms with E-state index in [1.165, 1.54) is 11.3 Å². The van der Waals surface area contributed by atoms with E-state index in [1.54, 1.807) is 7.11 Å². The fraction of sp³-hybridized carbons (Fsp3) is 0.250. The first-order valence-corrected chi connectivity index (χ1v) is 6.35. The average Bonchev–Trinajstić information content (AvgIpc) is 2.70. The molecule has 2 aromatic rings. The average molecular weight is 269 g/mol. The number of aromatic nitrogens is 1. The molecule has 0 aliphatic heterocycles. The summed E-state index contributed by atoms with van der Waals surface area (Å²) in [6.07, 6.45) is 0. The quantitative estimate of drug-likeness (QED) is 0.930. The second-order valence-electron chi connectivity index (χ2n) is 3.64. The number of rotatable bonds is 3. The van der Waals surface area contributed by atoms with Gasteiger partial charge < -0.3 is 10.5 Å². The molecule has 90 valence electrons. The number of nitrogens with zero attached hydrogens (tertiary/aromatic N) is 1. The maximum Gasteiger partial charge on any atom is 0.145 e. The Bertz CT molecular complexity index is 539. The Morgan fingerprint density at radius 3 is 2.82 bits per heavy atom. The summed E-state index contributed by atoms with van der Waals surface area (Å²) in [5, 5.41) is 1.33. The molecule has 0 amide bonds. The van der Waals surface area contributed by atoms with E-state index in [1.807, 2.05) is 25.1 Å². The number of nitrogens with two attached hydrogens (primary N) is 1. The number of hydrogen-bond donors (Lipinski definition) is 1. The lowest BCUT2D eigenvalue weighted by atomic mass is 10.1. The Morgan fingerprint density at radius 1 is 1.47 bits per heavy atom. The van der Waals surface area contributed by atoms with Gasteiger partial charge in [0, 0.05) is 6.54 Å². The van der Waals surface area contributed by atoms with Gasteiger partial charge in [0.2, 0.25) is 0 Å². The molecule has 0 aliphatic carbocycles. The molecule has 1 aromatic carbocycles. The molecule has 1 aromatic heterocycles. The zero-order chi connectivity index (χ0) is 12.4. The third-order valence-electron chi connectivity index (χ3n) is 2.42. The van der Waals surface area contributed by atoms with E-state index in [4.69, 9.17) is 22.1 Å². The largest absolute Gasteiger partial charge is 0.496 e. The molecule has 2 rings (SSSR count).